The maximum absolute atomic E-state index is 12.2. The molecule has 1 fully saturated rings. The lowest BCUT2D eigenvalue weighted by molar-refractivity contribution is 0.337. The Hall–Kier alpha value is -0.520. The normalized spacial score (nSPS) is 18.6. The number of rotatable bonds is 5. The van der Waals surface area contributed by atoms with Crippen molar-refractivity contribution in [2.45, 2.75) is 36.8 Å². The molecule has 0 saturated heterocycles. The Kier molecular flexibility index (Phi) is 3.52. The minimum Gasteiger partial charge on any atom is -0.447 e. The Balaban J connectivity index is 2.22. The summed E-state index contributed by atoms with van der Waals surface area (Å²) in [7, 11) is -1.93. The molecule has 0 spiro atoms. The molecule has 2 rings (SSSR count). The van der Waals surface area contributed by atoms with Crippen molar-refractivity contribution in [3.05, 3.63) is 17.9 Å². The average molecular weight is 278 g/mol. The fourth-order valence-corrected chi connectivity index (χ4v) is 3.29. The molecule has 0 aliphatic heterocycles. The quantitative estimate of drug-likeness (QED) is 0.777. The Morgan fingerprint density at radius 2 is 2.18 bits per heavy atom. The Morgan fingerprint density at radius 3 is 2.65 bits per heavy atom. The van der Waals surface area contributed by atoms with Crippen LogP contribution in [0.5, 0.6) is 0 Å². The largest absolute Gasteiger partial charge is 0.447 e. The van der Waals surface area contributed by atoms with Gasteiger partial charge in [0.15, 0.2) is 0 Å². The van der Waals surface area contributed by atoms with Crippen molar-refractivity contribution in [1.29, 1.82) is 0 Å². The van der Waals surface area contributed by atoms with Gasteiger partial charge < -0.3 is 4.42 Å². The van der Waals surface area contributed by atoms with Gasteiger partial charge in [0.25, 0.3) is 10.0 Å². The molecular formula is C11H16ClNO3S. The molecule has 1 heterocycles. The molecule has 1 aliphatic carbocycles. The smallest absolute Gasteiger partial charge is 0.276 e. The molecule has 0 N–H and O–H groups in total. The molecule has 1 aromatic rings. The van der Waals surface area contributed by atoms with E-state index in [-0.39, 0.29) is 17.0 Å². The van der Waals surface area contributed by atoms with Gasteiger partial charge in [0.1, 0.15) is 5.76 Å². The second-order valence-corrected chi connectivity index (χ2v) is 6.65. The van der Waals surface area contributed by atoms with Crippen LogP contribution in [0.4, 0.5) is 0 Å². The number of halogens is 1. The van der Waals surface area contributed by atoms with Gasteiger partial charge in [-0.05, 0) is 37.8 Å². The lowest BCUT2D eigenvalue weighted by Gasteiger charge is -2.22. The molecular weight excluding hydrogens is 262 g/mol. The van der Waals surface area contributed by atoms with Gasteiger partial charge in [0.05, 0.1) is 5.88 Å². The maximum atomic E-state index is 12.2. The molecule has 4 nitrogen and oxygen atoms in total. The third-order valence-electron chi connectivity index (χ3n) is 3.28. The molecule has 1 saturated carbocycles. The van der Waals surface area contributed by atoms with E-state index < -0.39 is 10.0 Å². The minimum atomic E-state index is -3.52. The molecule has 1 aliphatic rings. The van der Waals surface area contributed by atoms with Gasteiger partial charge in [0, 0.05) is 13.1 Å². The zero-order valence-corrected chi connectivity index (χ0v) is 11.5. The van der Waals surface area contributed by atoms with Crippen LogP contribution >= 0.6 is 11.6 Å². The second kappa shape index (κ2) is 4.63. The fraction of sp³-hybridized carbons (Fsp3) is 0.636. The van der Waals surface area contributed by atoms with Crippen LogP contribution < -0.4 is 0 Å². The summed E-state index contributed by atoms with van der Waals surface area (Å²) in [6.07, 6.45) is 2.21. The standard InChI is InChI=1S/C11H16ClNO3S/c1-8(9-3-4-9)13(2)17(14,15)11-6-5-10(7-12)16-11/h5-6,8-9H,3-4,7H2,1-2H3. The van der Waals surface area contributed by atoms with Gasteiger partial charge in [-0.3, -0.25) is 0 Å². The summed E-state index contributed by atoms with van der Waals surface area (Å²) < 4.78 is 31.0. The number of nitrogens with zero attached hydrogens (tertiary/aromatic N) is 1. The highest BCUT2D eigenvalue weighted by molar-refractivity contribution is 7.89. The van der Waals surface area contributed by atoms with Crippen molar-refractivity contribution in [2.75, 3.05) is 7.05 Å². The third kappa shape index (κ3) is 2.51. The van der Waals surface area contributed by atoms with E-state index >= 15 is 0 Å². The summed E-state index contributed by atoms with van der Waals surface area (Å²) >= 11 is 5.59. The van der Waals surface area contributed by atoms with Crippen molar-refractivity contribution in [2.24, 2.45) is 5.92 Å². The monoisotopic (exact) mass is 277 g/mol. The number of hydrogen-bond acceptors (Lipinski definition) is 3. The Morgan fingerprint density at radius 1 is 1.53 bits per heavy atom. The van der Waals surface area contributed by atoms with E-state index in [0.717, 1.165) is 12.8 Å². The van der Waals surface area contributed by atoms with Crippen molar-refractivity contribution in [1.82, 2.24) is 4.31 Å². The Bertz CT molecular complexity index is 493. The average Bonchev–Trinajstić information content (AvgIpc) is 3.04. The summed E-state index contributed by atoms with van der Waals surface area (Å²) in [6, 6.07) is 3.07. The molecule has 0 radical (unpaired) electrons. The van der Waals surface area contributed by atoms with E-state index in [1.165, 1.54) is 10.4 Å². The van der Waals surface area contributed by atoms with E-state index in [9.17, 15) is 8.42 Å². The first kappa shape index (κ1) is 12.9. The highest BCUT2D eigenvalue weighted by Gasteiger charge is 2.37. The lowest BCUT2D eigenvalue weighted by Crippen LogP contribution is -2.36. The minimum absolute atomic E-state index is 0.0181. The predicted molar refractivity (Wildman–Crippen MR) is 65.4 cm³/mol. The van der Waals surface area contributed by atoms with E-state index in [1.54, 1.807) is 13.1 Å². The van der Waals surface area contributed by atoms with E-state index in [1.807, 2.05) is 6.92 Å². The number of sulfonamides is 1. The summed E-state index contributed by atoms with van der Waals surface area (Å²) in [5, 5.41) is -0.0249. The third-order valence-corrected chi connectivity index (χ3v) is 5.36. The van der Waals surface area contributed by atoms with Crippen LogP contribution in [0.1, 0.15) is 25.5 Å². The SMILES string of the molecule is CC(C1CC1)N(C)S(=O)(=O)c1ccc(CCl)o1. The van der Waals surface area contributed by atoms with Gasteiger partial charge in [0.2, 0.25) is 5.09 Å². The number of furan rings is 1. The van der Waals surface area contributed by atoms with Crippen LogP contribution in [-0.2, 0) is 15.9 Å². The van der Waals surface area contributed by atoms with E-state index in [4.69, 9.17) is 16.0 Å². The Labute approximate surface area is 107 Å². The fourth-order valence-electron chi connectivity index (χ4n) is 1.81. The molecule has 1 unspecified atom stereocenters. The first-order chi connectivity index (χ1) is 7.96. The highest BCUT2D eigenvalue weighted by atomic mass is 35.5. The van der Waals surface area contributed by atoms with Gasteiger partial charge in [-0.1, -0.05) is 0 Å². The van der Waals surface area contributed by atoms with Crippen molar-refractivity contribution in [3.8, 4) is 0 Å². The van der Waals surface area contributed by atoms with Gasteiger partial charge >= 0.3 is 0 Å². The first-order valence-electron chi connectivity index (χ1n) is 5.59. The molecule has 1 aromatic heterocycles. The zero-order valence-electron chi connectivity index (χ0n) is 9.89. The molecule has 0 bridgehead atoms. The number of alkyl halides is 1. The van der Waals surface area contributed by atoms with Crippen LogP contribution in [-0.4, -0.2) is 25.8 Å². The molecule has 96 valence electrons. The van der Waals surface area contributed by atoms with Crippen LogP contribution in [0.15, 0.2) is 21.6 Å². The van der Waals surface area contributed by atoms with E-state index in [2.05, 4.69) is 0 Å². The molecule has 6 heteroatoms. The van der Waals surface area contributed by atoms with Crippen LogP contribution in [0, 0.1) is 5.92 Å². The van der Waals surface area contributed by atoms with Crippen LogP contribution in [0.25, 0.3) is 0 Å². The van der Waals surface area contributed by atoms with Crippen molar-refractivity contribution >= 4 is 21.6 Å². The zero-order chi connectivity index (χ0) is 12.6. The van der Waals surface area contributed by atoms with Crippen LogP contribution in [0.2, 0.25) is 0 Å². The van der Waals surface area contributed by atoms with Gasteiger partial charge in [-0.2, -0.15) is 4.31 Å². The molecule has 1 atom stereocenters. The van der Waals surface area contributed by atoms with Crippen molar-refractivity contribution in [3.63, 3.8) is 0 Å². The molecule has 0 amide bonds. The molecule has 17 heavy (non-hydrogen) atoms. The maximum Gasteiger partial charge on any atom is 0.276 e. The summed E-state index contributed by atoms with van der Waals surface area (Å²) in [5.74, 6) is 1.13. The van der Waals surface area contributed by atoms with Crippen LogP contribution in [0.3, 0.4) is 0 Å². The van der Waals surface area contributed by atoms with Gasteiger partial charge in [-0.15, -0.1) is 11.6 Å². The van der Waals surface area contributed by atoms with Crippen molar-refractivity contribution < 1.29 is 12.8 Å². The summed E-state index contributed by atoms with van der Waals surface area (Å²) in [5.41, 5.74) is 0. The highest BCUT2D eigenvalue weighted by Crippen LogP contribution is 2.36. The molecule has 0 aromatic carbocycles. The second-order valence-electron chi connectivity index (χ2n) is 4.45. The van der Waals surface area contributed by atoms with Gasteiger partial charge in [-0.25, -0.2) is 8.42 Å². The topological polar surface area (TPSA) is 50.5 Å². The van der Waals surface area contributed by atoms with E-state index in [0.29, 0.717) is 11.7 Å². The number of hydrogen-bond donors (Lipinski definition) is 0. The predicted octanol–water partition coefficient (Wildman–Crippen LogP) is 2.44. The lowest BCUT2D eigenvalue weighted by atomic mass is 10.2. The first-order valence-corrected chi connectivity index (χ1v) is 7.57. The summed E-state index contributed by atoms with van der Waals surface area (Å²) in [6.45, 7) is 1.93. The summed E-state index contributed by atoms with van der Waals surface area (Å²) in [4.78, 5) is 0.